The van der Waals surface area contributed by atoms with Gasteiger partial charge in [-0.05, 0) is 60.7 Å². The van der Waals surface area contributed by atoms with E-state index in [9.17, 15) is 9.59 Å². The number of benzene rings is 1. The number of nitrogens with zero attached hydrogens (tertiary/aromatic N) is 2. The van der Waals surface area contributed by atoms with E-state index in [4.69, 9.17) is 0 Å². The molecule has 1 saturated heterocycles. The van der Waals surface area contributed by atoms with E-state index in [-0.39, 0.29) is 17.2 Å². The van der Waals surface area contributed by atoms with E-state index in [0.29, 0.717) is 29.0 Å². The lowest BCUT2D eigenvalue weighted by Gasteiger charge is -2.24. The van der Waals surface area contributed by atoms with Crippen molar-refractivity contribution in [3.63, 3.8) is 0 Å². The highest BCUT2D eigenvalue weighted by Crippen LogP contribution is 2.25. The molecule has 1 fully saturated rings. The van der Waals surface area contributed by atoms with Crippen LogP contribution in [0.3, 0.4) is 0 Å². The highest BCUT2D eigenvalue weighted by Gasteiger charge is 2.25. The molecular weight excluding hydrogens is 448 g/mol. The Morgan fingerprint density at radius 3 is 2.68 bits per heavy atom. The second kappa shape index (κ2) is 10.3. The number of aromatic nitrogens is 3. The van der Waals surface area contributed by atoms with Crippen LogP contribution in [0.25, 0.3) is 17.0 Å². The third-order valence-electron chi connectivity index (χ3n) is 5.92. The second-order valence-electron chi connectivity index (χ2n) is 8.39. The van der Waals surface area contributed by atoms with Crippen LogP contribution in [-0.2, 0) is 17.8 Å². The molecule has 3 heterocycles. The maximum absolute atomic E-state index is 11.7. The first kappa shape index (κ1) is 22.5. The molecule has 2 atom stereocenters. The molecule has 1 aromatic carbocycles. The summed E-state index contributed by atoms with van der Waals surface area (Å²) in [5, 5.41) is 10.3. The number of H-pyrrole nitrogens is 1. The van der Waals surface area contributed by atoms with Gasteiger partial charge >= 0.3 is 0 Å². The second-order valence-corrected chi connectivity index (χ2v) is 9.41. The molecule has 34 heavy (non-hydrogen) atoms. The fraction of sp³-hybridized carbons (Fsp3) is 0.280. The van der Waals surface area contributed by atoms with E-state index >= 15 is 0 Å². The third-order valence-corrected chi connectivity index (χ3v) is 6.73. The molecule has 8 nitrogen and oxygen atoms in total. The number of nitrogens with one attached hydrogen (secondary N) is 4. The van der Waals surface area contributed by atoms with Crippen molar-refractivity contribution in [3.8, 4) is 0 Å². The monoisotopic (exact) mass is 474 g/mol. The molecule has 0 spiro atoms. The van der Waals surface area contributed by atoms with Gasteiger partial charge in [-0.3, -0.25) is 14.9 Å². The summed E-state index contributed by atoms with van der Waals surface area (Å²) in [6.07, 6.45) is 10.8. The van der Waals surface area contributed by atoms with Gasteiger partial charge in [0.1, 0.15) is 5.82 Å². The van der Waals surface area contributed by atoms with Crippen LogP contribution in [0.2, 0.25) is 0 Å². The SMILES string of the molecule is O=C1NC(=O)/C(=C/c2ccnc(CN[C@@H]3C=C[C@@H](NCCc4cc5ccccc5[nH]4)CC3)n2)S1. The van der Waals surface area contributed by atoms with E-state index in [1.807, 2.05) is 0 Å². The Morgan fingerprint density at radius 2 is 1.91 bits per heavy atom. The molecule has 3 aromatic rings. The fourth-order valence-electron chi connectivity index (χ4n) is 4.18. The molecule has 0 unspecified atom stereocenters. The number of hydrogen-bond acceptors (Lipinski definition) is 7. The van der Waals surface area contributed by atoms with Gasteiger partial charge in [-0.2, -0.15) is 0 Å². The maximum Gasteiger partial charge on any atom is 0.290 e. The minimum absolute atomic E-state index is 0.270. The van der Waals surface area contributed by atoms with Gasteiger partial charge in [-0.25, -0.2) is 9.97 Å². The van der Waals surface area contributed by atoms with Crippen LogP contribution < -0.4 is 16.0 Å². The predicted octanol–water partition coefficient (Wildman–Crippen LogP) is 3.29. The molecule has 4 N–H and O–H groups in total. The van der Waals surface area contributed by atoms with Gasteiger partial charge < -0.3 is 15.6 Å². The van der Waals surface area contributed by atoms with Crippen LogP contribution in [0, 0.1) is 0 Å². The van der Waals surface area contributed by atoms with E-state index in [1.54, 1.807) is 18.3 Å². The van der Waals surface area contributed by atoms with Gasteiger partial charge in [0.2, 0.25) is 0 Å². The molecule has 0 saturated carbocycles. The van der Waals surface area contributed by atoms with Crippen LogP contribution in [-0.4, -0.2) is 44.7 Å². The summed E-state index contributed by atoms with van der Waals surface area (Å²) >= 11 is 0.884. The molecule has 2 amide bonds. The Kier molecular flexibility index (Phi) is 6.84. The van der Waals surface area contributed by atoms with Crippen LogP contribution in [0.15, 0.2) is 59.7 Å². The van der Waals surface area contributed by atoms with Gasteiger partial charge in [-0.1, -0.05) is 30.4 Å². The highest BCUT2D eigenvalue weighted by molar-refractivity contribution is 8.18. The Hall–Kier alpha value is -3.27. The number of imide groups is 1. The zero-order chi connectivity index (χ0) is 23.3. The average molecular weight is 475 g/mol. The standard InChI is InChI=1S/C25H26N6O2S/c32-24-22(34-25(33)31-24)14-20-10-12-27-23(30-20)15-28-18-7-5-17(6-8-18)26-11-9-19-13-16-3-1-2-4-21(16)29-19/h1-5,7,10,12-14,17-18,26,28-29H,6,8-9,11,15H2,(H,31,32,33)/b22-14-/t17-,18-/m1/s1. The van der Waals surface area contributed by atoms with Crippen LogP contribution in [0.1, 0.15) is 30.1 Å². The zero-order valence-corrected chi connectivity index (χ0v) is 19.4. The first-order chi connectivity index (χ1) is 16.6. The lowest BCUT2D eigenvalue weighted by Crippen LogP contribution is -2.37. The van der Waals surface area contributed by atoms with Crippen LogP contribution >= 0.6 is 11.8 Å². The molecular formula is C25H26N6O2S. The van der Waals surface area contributed by atoms with E-state index in [1.165, 1.54) is 16.6 Å². The fourth-order valence-corrected chi connectivity index (χ4v) is 4.85. The molecule has 9 heteroatoms. The quantitative estimate of drug-likeness (QED) is 0.293. The van der Waals surface area contributed by atoms with E-state index in [0.717, 1.165) is 37.6 Å². The van der Waals surface area contributed by atoms with Gasteiger partial charge in [0, 0.05) is 36.0 Å². The molecule has 2 aliphatic rings. The number of thioether (sulfide) groups is 1. The lowest BCUT2D eigenvalue weighted by atomic mass is 9.98. The van der Waals surface area contributed by atoms with Gasteiger partial charge in [0.25, 0.3) is 11.1 Å². The predicted molar refractivity (Wildman–Crippen MR) is 134 cm³/mol. The first-order valence-corrected chi connectivity index (χ1v) is 12.2. The molecule has 174 valence electrons. The minimum atomic E-state index is -0.384. The molecule has 0 bridgehead atoms. The first-order valence-electron chi connectivity index (χ1n) is 11.4. The van der Waals surface area contributed by atoms with Gasteiger partial charge in [-0.15, -0.1) is 0 Å². The molecule has 1 aliphatic heterocycles. The summed E-state index contributed by atoms with van der Waals surface area (Å²) in [6, 6.07) is 13.0. The van der Waals surface area contributed by atoms with Crippen molar-refractivity contribution in [1.29, 1.82) is 0 Å². The van der Waals surface area contributed by atoms with Crippen molar-refractivity contribution in [3.05, 3.63) is 76.9 Å². The Bertz CT molecular complexity index is 1230. The largest absolute Gasteiger partial charge is 0.358 e. The molecule has 1 aliphatic carbocycles. The number of carbonyl (C=O) groups is 2. The number of aromatic amines is 1. The summed E-state index contributed by atoms with van der Waals surface area (Å²) in [5.74, 6) is 0.265. The maximum atomic E-state index is 11.7. The number of carbonyl (C=O) groups excluding carboxylic acids is 2. The summed E-state index contributed by atoms with van der Waals surface area (Å²) in [4.78, 5) is 35.7. The van der Waals surface area contributed by atoms with Crippen LogP contribution in [0.4, 0.5) is 4.79 Å². The Balaban J connectivity index is 1.07. The van der Waals surface area contributed by atoms with Crippen LogP contribution in [0.5, 0.6) is 0 Å². The van der Waals surface area contributed by atoms with Crippen molar-refractivity contribution < 1.29 is 9.59 Å². The Morgan fingerprint density at radius 1 is 1.09 bits per heavy atom. The van der Waals surface area contributed by atoms with Gasteiger partial charge in [0.05, 0.1) is 17.1 Å². The summed E-state index contributed by atoms with van der Waals surface area (Å²) < 4.78 is 0. The number of amides is 2. The summed E-state index contributed by atoms with van der Waals surface area (Å²) in [7, 11) is 0. The number of fused-ring (bicyclic) bond motifs is 1. The van der Waals surface area contributed by atoms with Crippen molar-refractivity contribution in [2.75, 3.05) is 6.54 Å². The van der Waals surface area contributed by atoms with E-state index in [2.05, 4.69) is 73.4 Å². The normalized spacial score (nSPS) is 21.5. The topological polar surface area (TPSA) is 112 Å². The molecule has 5 rings (SSSR count). The van der Waals surface area contributed by atoms with Crippen molar-refractivity contribution >= 4 is 39.9 Å². The highest BCUT2D eigenvalue weighted by atomic mass is 32.2. The van der Waals surface area contributed by atoms with Crippen molar-refractivity contribution in [1.82, 2.24) is 30.9 Å². The zero-order valence-electron chi connectivity index (χ0n) is 18.6. The van der Waals surface area contributed by atoms with Gasteiger partial charge in [0.15, 0.2) is 0 Å². The summed E-state index contributed by atoms with van der Waals surface area (Å²) in [6.45, 7) is 1.46. The average Bonchev–Trinajstić information content (AvgIpc) is 3.40. The van der Waals surface area contributed by atoms with E-state index < -0.39 is 0 Å². The summed E-state index contributed by atoms with van der Waals surface area (Å²) in [5.41, 5.74) is 3.05. The number of rotatable bonds is 8. The Labute approximate surface area is 201 Å². The number of hydrogen-bond donors (Lipinski definition) is 4. The number of para-hydroxylation sites is 1. The molecule has 2 aromatic heterocycles. The smallest absolute Gasteiger partial charge is 0.290 e. The molecule has 0 radical (unpaired) electrons. The third kappa shape index (κ3) is 5.61. The lowest BCUT2D eigenvalue weighted by molar-refractivity contribution is -0.115. The minimum Gasteiger partial charge on any atom is -0.358 e. The van der Waals surface area contributed by atoms with Crippen molar-refractivity contribution in [2.24, 2.45) is 0 Å². The van der Waals surface area contributed by atoms with Crippen molar-refractivity contribution in [2.45, 2.75) is 37.9 Å².